The molecule has 5 rings (SSSR count). The van der Waals surface area contributed by atoms with Crippen molar-refractivity contribution in [2.45, 2.75) is 25.9 Å². The summed E-state index contributed by atoms with van der Waals surface area (Å²) < 4.78 is 8.61. The summed E-state index contributed by atoms with van der Waals surface area (Å²) in [5, 5.41) is 15.4. The highest BCUT2D eigenvalue weighted by molar-refractivity contribution is 9.10. The van der Waals surface area contributed by atoms with Gasteiger partial charge in [-0.05, 0) is 80.2 Å². The molecule has 0 radical (unpaired) electrons. The standard InChI is InChI=1S/C27H24BrN5O3S/c1-16-14-21(17(2)31(16)23-12-11-20(33(34)35)15-24(23)36-3)26-25(22-6-4-5-13-29-22)30-27(37)32(26)19-9-7-18(28)8-10-19/h4-15,25-26H,1-3H3,(H,30,37)/t25-,26+/m0/s1. The largest absolute Gasteiger partial charge is 0.494 e. The van der Waals surface area contributed by atoms with Gasteiger partial charge in [-0.2, -0.15) is 0 Å². The molecule has 0 unspecified atom stereocenters. The van der Waals surface area contributed by atoms with Crippen molar-refractivity contribution in [1.82, 2.24) is 14.9 Å². The number of thiocarbonyl (C=S) groups is 1. The number of hydrogen-bond acceptors (Lipinski definition) is 5. The molecule has 188 valence electrons. The lowest BCUT2D eigenvalue weighted by Gasteiger charge is -2.28. The van der Waals surface area contributed by atoms with E-state index in [1.807, 2.05) is 56.3 Å². The van der Waals surface area contributed by atoms with E-state index in [0.29, 0.717) is 10.9 Å². The molecule has 3 heterocycles. The number of anilines is 1. The van der Waals surface area contributed by atoms with Gasteiger partial charge in [-0.1, -0.05) is 22.0 Å². The summed E-state index contributed by atoms with van der Waals surface area (Å²) in [7, 11) is 1.52. The van der Waals surface area contributed by atoms with Crippen LogP contribution in [0.5, 0.6) is 5.75 Å². The fourth-order valence-electron chi connectivity index (χ4n) is 4.97. The number of nitrogens with one attached hydrogen (secondary N) is 1. The Morgan fingerprint density at radius 2 is 1.86 bits per heavy atom. The summed E-state index contributed by atoms with van der Waals surface area (Å²) in [6.45, 7) is 4.05. The van der Waals surface area contributed by atoms with Crippen LogP contribution >= 0.6 is 28.1 Å². The number of benzene rings is 2. The Kier molecular flexibility index (Phi) is 6.70. The molecule has 8 nitrogen and oxygen atoms in total. The lowest BCUT2D eigenvalue weighted by Crippen LogP contribution is -2.29. The summed E-state index contributed by atoms with van der Waals surface area (Å²) >= 11 is 9.37. The molecule has 10 heteroatoms. The van der Waals surface area contributed by atoms with E-state index in [-0.39, 0.29) is 17.8 Å². The molecule has 2 atom stereocenters. The van der Waals surface area contributed by atoms with Gasteiger partial charge in [0.1, 0.15) is 5.75 Å². The molecule has 0 aliphatic carbocycles. The zero-order chi connectivity index (χ0) is 26.3. The van der Waals surface area contributed by atoms with Gasteiger partial charge in [0.05, 0.1) is 41.6 Å². The van der Waals surface area contributed by atoms with E-state index in [9.17, 15) is 10.1 Å². The minimum Gasteiger partial charge on any atom is -0.494 e. The normalized spacial score (nSPS) is 17.1. The van der Waals surface area contributed by atoms with E-state index >= 15 is 0 Å². The highest BCUT2D eigenvalue weighted by Gasteiger charge is 2.42. The topological polar surface area (TPSA) is 85.5 Å². The van der Waals surface area contributed by atoms with E-state index < -0.39 is 4.92 Å². The van der Waals surface area contributed by atoms with Crippen molar-refractivity contribution >= 4 is 44.6 Å². The third-order valence-corrected chi connectivity index (χ3v) is 7.45. The highest BCUT2D eigenvalue weighted by Crippen LogP contribution is 2.44. The second-order valence-electron chi connectivity index (χ2n) is 8.75. The number of aromatic nitrogens is 2. The molecule has 2 aromatic heterocycles. The molecule has 4 aromatic rings. The van der Waals surface area contributed by atoms with Crippen LogP contribution < -0.4 is 15.0 Å². The summed E-state index contributed by atoms with van der Waals surface area (Å²) in [6, 6.07) is 20.3. The minimum atomic E-state index is -0.425. The van der Waals surface area contributed by atoms with Gasteiger partial charge in [0.2, 0.25) is 0 Å². The molecule has 1 aliphatic rings. The molecule has 2 aromatic carbocycles. The van der Waals surface area contributed by atoms with Crippen LogP contribution in [0.1, 0.15) is 34.7 Å². The Labute approximate surface area is 228 Å². The van der Waals surface area contributed by atoms with Crippen LogP contribution in [0.4, 0.5) is 11.4 Å². The number of methoxy groups -OCH3 is 1. The van der Waals surface area contributed by atoms with E-state index in [0.717, 1.165) is 38.5 Å². The Morgan fingerprint density at radius 1 is 1.11 bits per heavy atom. The monoisotopic (exact) mass is 577 g/mol. The zero-order valence-corrected chi connectivity index (χ0v) is 22.8. The van der Waals surface area contributed by atoms with Gasteiger partial charge in [0.25, 0.3) is 5.69 Å². The van der Waals surface area contributed by atoms with Crippen molar-refractivity contribution < 1.29 is 9.66 Å². The van der Waals surface area contributed by atoms with E-state index in [1.54, 1.807) is 12.3 Å². The van der Waals surface area contributed by atoms with E-state index in [1.165, 1.54) is 19.2 Å². The molecule has 1 aliphatic heterocycles. The van der Waals surface area contributed by atoms with E-state index in [2.05, 4.69) is 41.8 Å². The summed E-state index contributed by atoms with van der Waals surface area (Å²) in [5.74, 6) is 0.425. The van der Waals surface area contributed by atoms with Crippen molar-refractivity contribution in [2.75, 3.05) is 12.0 Å². The summed E-state index contributed by atoms with van der Waals surface area (Å²) in [4.78, 5) is 17.7. The number of pyridine rings is 1. The SMILES string of the molecule is COc1cc([N+](=O)[O-])ccc1-n1c(C)cc([C@@H]2[C@H](c3ccccn3)NC(=S)N2c2ccc(Br)cc2)c1C. The maximum absolute atomic E-state index is 11.3. The number of nitrogens with zero attached hydrogens (tertiary/aromatic N) is 4. The van der Waals surface area contributed by atoms with Gasteiger partial charge < -0.3 is 19.5 Å². The van der Waals surface area contributed by atoms with Crippen LogP contribution in [0.25, 0.3) is 5.69 Å². The van der Waals surface area contributed by atoms with Crippen molar-refractivity contribution in [2.24, 2.45) is 0 Å². The third kappa shape index (κ3) is 4.47. The van der Waals surface area contributed by atoms with Crippen LogP contribution in [0.2, 0.25) is 0 Å². The predicted molar refractivity (Wildman–Crippen MR) is 151 cm³/mol. The zero-order valence-electron chi connectivity index (χ0n) is 20.4. The van der Waals surface area contributed by atoms with Gasteiger partial charge in [-0.3, -0.25) is 15.1 Å². The molecule has 37 heavy (non-hydrogen) atoms. The molecule has 1 saturated heterocycles. The number of halogens is 1. The Balaban J connectivity index is 1.68. The van der Waals surface area contributed by atoms with Crippen molar-refractivity contribution in [3.63, 3.8) is 0 Å². The molecular weight excluding hydrogens is 554 g/mol. The molecule has 0 saturated carbocycles. The summed E-state index contributed by atoms with van der Waals surface area (Å²) in [6.07, 6.45) is 1.78. The Morgan fingerprint density at radius 3 is 2.51 bits per heavy atom. The first kappa shape index (κ1) is 24.9. The van der Waals surface area contributed by atoms with Crippen molar-refractivity contribution in [3.05, 3.63) is 110 Å². The van der Waals surface area contributed by atoms with Crippen molar-refractivity contribution in [3.8, 4) is 11.4 Å². The fraction of sp³-hybridized carbons (Fsp3) is 0.185. The predicted octanol–water partition coefficient (Wildman–Crippen LogP) is 6.35. The molecule has 0 spiro atoms. The van der Waals surface area contributed by atoms with Crippen molar-refractivity contribution in [1.29, 1.82) is 0 Å². The number of aryl methyl sites for hydroxylation is 1. The van der Waals surface area contributed by atoms with Gasteiger partial charge in [0.15, 0.2) is 5.11 Å². The highest BCUT2D eigenvalue weighted by atomic mass is 79.9. The maximum Gasteiger partial charge on any atom is 0.273 e. The lowest BCUT2D eigenvalue weighted by molar-refractivity contribution is -0.384. The number of rotatable bonds is 6. The smallest absolute Gasteiger partial charge is 0.273 e. The second-order valence-corrected chi connectivity index (χ2v) is 10.1. The van der Waals surface area contributed by atoms with Crippen LogP contribution in [0.3, 0.4) is 0 Å². The molecular formula is C27H24BrN5O3S. The van der Waals surface area contributed by atoms with Crippen LogP contribution in [0.15, 0.2) is 77.4 Å². The molecule has 0 amide bonds. The van der Waals surface area contributed by atoms with Gasteiger partial charge in [-0.25, -0.2) is 0 Å². The molecule has 0 bridgehead atoms. The number of nitro benzene ring substituents is 1. The van der Waals surface area contributed by atoms with Gasteiger partial charge in [-0.15, -0.1) is 0 Å². The Bertz CT molecular complexity index is 1490. The molecule has 1 N–H and O–H groups in total. The molecule has 1 fully saturated rings. The number of non-ortho nitro benzene ring substituents is 1. The van der Waals surface area contributed by atoms with Crippen LogP contribution in [-0.2, 0) is 0 Å². The number of ether oxygens (including phenoxy) is 1. The van der Waals surface area contributed by atoms with Gasteiger partial charge >= 0.3 is 0 Å². The average molecular weight is 578 g/mol. The number of nitro groups is 1. The minimum absolute atomic E-state index is 0.0229. The second kappa shape index (κ2) is 9.95. The van der Waals surface area contributed by atoms with E-state index in [4.69, 9.17) is 17.0 Å². The first-order valence-electron chi connectivity index (χ1n) is 11.6. The first-order chi connectivity index (χ1) is 17.8. The maximum atomic E-state index is 11.3. The fourth-order valence-corrected chi connectivity index (χ4v) is 5.58. The third-order valence-electron chi connectivity index (χ3n) is 6.61. The summed E-state index contributed by atoms with van der Waals surface area (Å²) in [5.41, 5.74) is 5.55. The Hall–Kier alpha value is -3.76. The van der Waals surface area contributed by atoms with Crippen LogP contribution in [0, 0.1) is 24.0 Å². The quantitative estimate of drug-likeness (QED) is 0.162. The lowest BCUT2D eigenvalue weighted by atomic mass is 9.96. The van der Waals surface area contributed by atoms with Crippen LogP contribution in [-0.4, -0.2) is 26.7 Å². The number of hydrogen-bond donors (Lipinski definition) is 1. The first-order valence-corrected chi connectivity index (χ1v) is 12.8. The average Bonchev–Trinajstić information content (AvgIpc) is 3.39. The van der Waals surface area contributed by atoms with Gasteiger partial charge in [0, 0.05) is 33.8 Å².